The van der Waals surface area contributed by atoms with Gasteiger partial charge in [-0.2, -0.15) is 0 Å². The summed E-state index contributed by atoms with van der Waals surface area (Å²) < 4.78 is 11.2. The minimum Gasteiger partial charge on any atom is -0.439 e. The van der Waals surface area contributed by atoms with Gasteiger partial charge < -0.3 is 14.9 Å². The van der Waals surface area contributed by atoms with Crippen LogP contribution in [0, 0.1) is 0 Å². The van der Waals surface area contributed by atoms with Crippen LogP contribution in [0.2, 0.25) is 0 Å². The van der Waals surface area contributed by atoms with Crippen molar-refractivity contribution in [3.8, 4) is 0 Å². The fourth-order valence-electron chi connectivity index (χ4n) is 2.36. The number of ether oxygens (including phenoxy) is 1. The van der Waals surface area contributed by atoms with Crippen molar-refractivity contribution < 1.29 is 9.15 Å². The van der Waals surface area contributed by atoms with E-state index in [1.807, 2.05) is 6.07 Å². The number of rotatable bonds is 1. The molecular formula is C15H20N2O2. The van der Waals surface area contributed by atoms with E-state index in [1.165, 1.54) is 5.56 Å². The van der Waals surface area contributed by atoms with Crippen LogP contribution in [0.3, 0.4) is 0 Å². The molecule has 0 spiro atoms. The number of nitrogens with two attached hydrogens (primary N) is 1. The quantitative estimate of drug-likeness (QED) is 0.856. The number of hydrogen-bond acceptors (Lipinski definition) is 4. The van der Waals surface area contributed by atoms with Crippen LogP contribution in [0.4, 0.5) is 0 Å². The molecule has 0 radical (unpaired) electrons. The highest BCUT2D eigenvalue weighted by Crippen LogP contribution is 2.31. The van der Waals surface area contributed by atoms with Gasteiger partial charge in [-0.25, -0.2) is 4.98 Å². The van der Waals surface area contributed by atoms with Crippen molar-refractivity contribution >= 4 is 11.1 Å². The van der Waals surface area contributed by atoms with Crippen molar-refractivity contribution in [2.45, 2.75) is 38.1 Å². The molecular weight excluding hydrogens is 240 g/mol. The molecule has 19 heavy (non-hydrogen) atoms. The number of oxazole rings is 1. The minimum absolute atomic E-state index is 0.101. The van der Waals surface area contributed by atoms with Gasteiger partial charge in [-0.3, -0.25) is 0 Å². The van der Waals surface area contributed by atoms with Crippen molar-refractivity contribution in [2.75, 3.05) is 13.2 Å². The smallest absolute Gasteiger partial charge is 0.218 e. The molecule has 2 heterocycles. The van der Waals surface area contributed by atoms with Crippen LogP contribution < -0.4 is 5.73 Å². The third-order valence-electron chi connectivity index (χ3n) is 3.73. The van der Waals surface area contributed by atoms with E-state index in [0.717, 1.165) is 17.5 Å². The van der Waals surface area contributed by atoms with Gasteiger partial charge in [0.1, 0.15) is 11.1 Å². The summed E-state index contributed by atoms with van der Waals surface area (Å²) in [7, 11) is 0. The van der Waals surface area contributed by atoms with E-state index in [1.54, 1.807) is 0 Å². The molecule has 102 valence electrons. The Bertz CT molecular complexity index is 604. The molecule has 2 aromatic rings. The molecule has 1 aliphatic heterocycles. The molecule has 1 atom stereocenters. The number of fused-ring (bicyclic) bond motifs is 1. The summed E-state index contributed by atoms with van der Waals surface area (Å²) in [5.41, 5.74) is 8.73. The summed E-state index contributed by atoms with van der Waals surface area (Å²) in [4.78, 5) is 4.57. The molecule has 0 bridgehead atoms. The van der Waals surface area contributed by atoms with Crippen molar-refractivity contribution in [2.24, 2.45) is 5.73 Å². The lowest BCUT2D eigenvalue weighted by atomic mass is 9.87. The van der Waals surface area contributed by atoms with E-state index >= 15 is 0 Å². The van der Waals surface area contributed by atoms with Gasteiger partial charge in [-0.05, 0) is 29.5 Å². The number of hydrogen-bond donors (Lipinski definition) is 1. The number of nitrogens with zero attached hydrogens (tertiary/aromatic N) is 1. The van der Waals surface area contributed by atoms with E-state index < -0.39 is 5.54 Å². The van der Waals surface area contributed by atoms with Crippen molar-refractivity contribution in [3.05, 3.63) is 29.7 Å². The molecule has 1 aromatic carbocycles. The standard InChI is InChI=1S/C15H20N2O2/c1-14(2,3)10-4-5-12-11(8-10)17-13(19-12)15(16)6-7-18-9-15/h4-5,8H,6-7,9,16H2,1-3H3. The van der Waals surface area contributed by atoms with Gasteiger partial charge in [-0.15, -0.1) is 0 Å². The summed E-state index contributed by atoms with van der Waals surface area (Å²) in [5.74, 6) is 0.589. The fourth-order valence-corrected chi connectivity index (χ4v) is 2.36. The Morgan fingerprint density at radius 2 is 2.11 bits per heavy atom. The topological polar surface area (TPSA) is 61.3 Å². The zero-order chi connectivity index (χ0) is 13.7. The Morgan fingerprint density at radius 1 is 1.32 bits per heavy atom. The predicted octanol–water partition coefficient (Wildman–Crippen LogP) is 2.70. The van der Waals surface area contributed by atoms with Crippen LogP contribution >= 0.6 is 0 Å². The maximum Gasteiger partial charge on any atom is 0.218 e. The zero-order valence-corrected chi connectivity index (χ0v) is 11.7. The largest absolute Gasteiger partial charge is 0.439 e. The van der Waals surface area contributed by atoms with Crippen LogP contribution in [0.1, 0.15) is 38.6 Å². The van der Waals surface area contributed by atoms with Gasteiger partial charge in [0.25, 0.3) is 0 Å². The van der Waals surface area contributed by atoms with Crippen molar-refractivity contribution in [3.63, 3.8) is 0 Å². The van der Waals surface area contributed by atoms with E-state index in [4.69, 9.17) is 14.9 Å². The van der Waals surface area contributed by atoms with Gasteiger partial charge in [0, 0.05) is 6.61 Å². The summed E-state index contributed by atoms with van der Waals surface area (Å²) in [6.07, 6.45) is 0.756. The third kappa shape index (κ3) is 2.15. The Labute approximate surface area is 112 Å². The summed E-state index contributed by atoms with van der Waals surface area (Å²) >= 11 is 0. The molecule has 0 aliphatic carbocycles. The molecule has 2 N–H and O–H groups in total. The monoisotopic (exact) mass is 260 g/mol. The summed E-state index contributed by atoms with van der Waals surface area (Å²) in [6.45, 7) is 7.70. The molecule has 4 nitrogen and oxygen atoms in total. The first-order chi connectivity index (χ1) is 8.88. The Balaban J connectivity index is 2.06. The van der Waals surface area contributed by atoms with Crippen LogP contribution in [0.5, 0.6) is 0 Å². The lowest BCUT2D eigenvalue weighted by Crippen LogP contribution is -2.37. The lowest BCUT2D eigenvalue weighted by Gasteiger charge is -2.18. The highest BCUT2D eigenvalue weighted by atomic mass is 16.5. The van der Waals surface area contributed by atoms with Crippen LogP contribution in [0.25, 0.3) is 11.1 Å². The van der Waals surface area contributed by atoms with Crippen molar-refractivity contribution in [1.29, 1.82) is 0 Å². The van der Waals surface area contributed by atoms with Gasteiger partial charge in [0.05, 0.1) is 6.61 Å². The van der Waals surface area contributed by atoms with Gasteiger partial charge in [0.15, 0.2) is 5.58 Å². The average Bonchev–Trinajstić information content (AvgIpc) is 2.93. The highest BCUT2D eigenvalue weighted by Gasteiger charge is 2.37. The number of benzene rings is 1. The van der Waals surface area contributed by atoms with E-state index in [0.29, 0.717) is 19.1 Å². The highest BCUT2D eigenvalue weighted by molar-refractivity contribution is 5.74. The Morgan fingerprint density at radius 3 is 2.74 bits per heavy atom. The number of aromatic nitrogens is 1. The average molecular weight is 260 g/mol. The molecule has 1 aromatic heterocycles. The SMILES string of the molecule is CC(C)(C)c1ccc2oc(C3(N)CCOC3)nc2c1. The minimum atomic E-state index is -0.569. The van der Waals surface area contributed by atoms with E-state index in [9.17, 15) is 0 Å². The summed E-state index contributed by atoms with van der Waals surface area (Å²) in [6, 6.07) is 6.15. The molecule has 1 saturated heterocycles. The van der Waals surface area contributed by atoms with Crippen LogP contribution in [-0.4, -0.2) is 18.2 Å². The molecule has 1 unspecified atom stereocenters. The van der Waals surface area contributed by atoms with Crippen LogP contribution in [-0.2, 0) is 15.7 Å². The maximum absolute atomic E-state index is 6.29. The fraction of sp³-hybridized carbons (Fsp3) is 0.533. The van der Waals surface area contributed by atoms with Gasteiger partial charge in [0.2, 0.25) is 5.89 Å². The van der Waals surface area contributed by atoms with Crippen LogP contribution in [0.15, 0.2) is 22.6 Å². The normalized spacial score (nSPS) is 24.2. The predicted molar refractivity (Wildman–Crippen MR) is 74.0 cm³/mol. The first-order valence-corrected chi connectivity index (χ1v) is 6.67. The molecule has 3 rings (SSSR count). The maximum atomic E-state index is 6.29. The van der Waals surface area contributed by atoms with Gasteiger partial charge in [-0.1, -0.05) is 26.8 Å². The van der Waals surface area contributed by atoms with Crippen molar-refractivity contribution in [1.82, 2.24) is 4.98 Å². The van der Waals surface area contributed by atoms with Gasteiger partial charge >= 0.3 is 0 Å². The molecule has 0 saturated carbocycles. The Hall–Kier alpha value is -1.39. The molecule has 1 aliphatic rings. The van der Waals surface area contributed by atoms with E-state index in [2.05, 4.69) is 37.9 Å². The first-order valence-electron chi connectivity index (χ1n) is 6.67. The lowest BCUT2D eigenvalue weighted by molar-refractivity contribution is 0.170. The molecule has 4 heteroatoms. The first kappa shape index (κ1) is 12.6. The second kappa shape index (κ2) is 4.05. The summed E-state index contributed by atoms with van der Waals surface area (Å²) in [5, 5.41) is 0. The second-order valence-corrected chi connectivity index (χ2v) is 6.41. The van der Waals surface area contributed by atoms with E-state index in [-0.39, 0.29) is 5.41 Å². The third-order valence-corrected chi connectivity index (χ3v) is 3.73. The zero-order valence-electron chi connectivity index (χ0n) is 11.7. The molecule has 1 fully saturated rings. The second-order valence-electron chi connectivity index (χ2n) is 6.41. The Kier molecular flexibility index (Phi) is 2.69. The molecule has 0 amide bonds.